The molecule has 1 aromatic heterocycles. The Hall–Kier alpha value is -3.55. The lowest BCUT2D eigenvalue weighted by Gasteiger charge is -2.25. The van der Waals surface area contributed by atoms with Crippen molar-refractivity contribution >= 4 is 46.3 Å². The molecule has 1 saturated heterocycles. The van der Waals surface area contributed by atoms with Crippen LogP contribution >= 0.6 is 23.2 Å². The predicted molar refractivity (Wildman–Crippen MR) is 125 cm³/mol. The van der Waals surface area contributed by atoms with Crippen molar-refractivity contribution in [2.45, 2.75) is 6.04 Å². The van der Waals surface area contributed by atoms with Crippen LogP contribution in [0.4, 0.5) is 5.69 Å². The number of nitrogens with zero attached hydrogens (tertiary/aromatic N) is 2. The number of carbonyl (C=O) groups excluding carboxylic acids is 2. The van der Waals surface area contributed by atoms with Gasteiger partial charge in [0.1, 0.15) is 17.3 Å². The summed E-state index contributed by atoms with van der Waals surface area (Å²) >= 11 is 12.4. The summed E-state index contributed by atoms with van der Waals surface area (Å²) < 4.78 is 10.5. The van der Waals surface area contributed by atoms with E-state index < -0.39 is 23.5 Å². The van der Waals surface area contributed by atoms with Crippen LogP contribution in [-0.4, -0.2) is 36.0 Å². The number of ketones is 1. The molecule has 1 unspecified atom stereocenters. The molecule has 7 nitrogen and oxygen atoms in total. The molecule has 1 fully saturated rings. The number of aliphatic hydroxyl groups is 1. The van der Waals surface area contributed by atoms with Crippen molar-refractivity contribution in [1.82, 2.24) is 4.98 Å². The van der Waals surface area contributed by atoms with E-state index in [1.54, 1.807) is 42.6 Å². The molecule has 3 aromatic rings. The fraction of sp³-hybridized carbons (Fsp3) is 0.125. The summed E-state index contributed by atoms with van der Waals surface area (Å²) in [6.07, 6.45) is 3.10. The van der Waals surface area contributed by atoms with Crippen molar-refractivity contribution < 1.29 is 24.2 Å². The summed E-state index contributed by atoms with van der Waals surface area (Å²) in [6.45, 7) is 0. The molecule has 2 heterocycles. The van der Waals surface area contributed by atoms with Crippen LogP contribution in [0.15, 0.2) is 66.5 Å². The number of anilines is 1. The summed E-state index contributed by atoms with van der Waals surface area (Å²) in [6, 6.07) is 12.0. The van der Waals surface area contributed by atoms with Crippen molar-refractivity contribution in [1.29, 1.82) is 0 Å². The number of carbonyl (C=O) groups is 2. The van der Waals surface area contributed by atoms with Crippen molar-refractivity contribution in [2.75, 3.05) is 19.1 Å². The highest BCUT2D eigenvalue weighted by Crippen LogP contribution is 2.44. The number of pyridine rings is 1. The highest BCUT2D eigenvalue weighted by molar-refractivity contribution is 6.51. The van der Waals surface area contributed by atoms with E-state index in [-0.39, 0.29) is 26.9 Å². The Bertz CT molecular complexity index is 1260. The summed E-state index contributed by atoms with van der Waals surface area (Å²) in [5, 5.41) is 11.7. The van der Waals surface area contributed by atoms with Crippen LogP contribution in [0.5, 0.6) is 11.5 Å². The number of halogens is 2. The molecule has 0 radical (unpaired) electrons. The molecule has 33 heavy (non-hydrogen) atoms. The van der Waals surface area contributed by atoms with Gasteiger partial charge in [-0.15, -0.1) is 0 Å². The highest BCUT2D eigenvalue weighted by Gasteiger charge is 2.47. The number of Topliss-reactive ketones (excluding diaryl/α,β-unsaturated/α-hetero) is 1. The van der Waals surface area contributed by atoms with Gasteiger partial charge in [0.15, 0.2) is 0 Å². The molecular formula is C24H18Cl2N2O5. The van der Waals surface area contributed by atoms with E-state index in [0.717, 1.165) is 0 Å². The van der Waals surface area contributed by atoms with Gasteiger partial charge in [0.05, 0.1) is 36.4 Å². The highest BCUT2D eigenvalue weighted by atomic mass is 35.5. The van der Waals surface area contributed by atoms with Gasteiger partial charge >= 0.3 is 0 Å². The Labute approximate surface area is 199 Å². The van der Waals surface area contributed by atoms with Crippen LogP contribution in [0.3, 0.4) is 0 Å². The first-order valence-corrected chi connectivity index (χ1v) is 10.5. The molecule has 0 bridgehead atoms. The second-order valence-corrected chi connectivity index (χ2v) is 7.97. The number of amides is 1. The maximum atomic E-state index is 13.2. The molecule has 0 saturated carbocycles. The summed E-state index contributed by atoms with van der Waals surface area (Å²) in [7, 11) is 2.90. The van der Waals surface area contributed by atoms with Gasteiger partial charge in [-0.05, 0) is 48.0 Å². The molecule has 1 aliphatic rings. The van der Waals surface area contributed by atoms with Crippen LogP contribution in [0.2, 0.25) is 10.0 Å². The fourth-order valence-electron chi connectivity index (χ4n) is 3.78. The SMILES string of the molecule is COc1ccc(N2C(=O)C(=O)/C(=C(/O)c3cc(Cl)cc(Cl)c3OC)C2c2cccnc2)cc1. The average molecular weight is 485 g/mol. The van der Waals surface area contributed by atoms with Crippen LogP contribution in [-0.2, 0) is 9.59 Å². The number of hydrogen-bond donors (Lipinski definition) is 1. The first-order valence-electron chi connectivity index (χ1n) is 9.75. The Morgan fingerprint density at radius 1 is 1.06 bits per heavy atom. The van der Waals surface area contributed by atoms with E-state index in [4.69, 9.17) is 32.7 Å². The molecule has 1 N–H and O–H groups in total. The number of hydrogen-bond acceptors (Lipinski definition) is 6. The van der Waals surface area contributed by atoms with Gasteiger partial charge in [-0.2, -0.15) is 0 Å². The van der Waals surface area contributed by atoms with Gasteiger partial charge in [0.2, 0.25) is 0 Å². The van der Waals surface area contributed by atoms with E-state index in [9.17, 15) is 14.7 Å². The number of aliphatic hydroxyl groups excluding tert-OH is 1. The van der Waals surface area contributed by atoms with Crippen molar-refractivity contribution in [3.63, 3.8) is 0 Å². The van der Waals surface area contributed by atoms with Gasteiger partial charge in [0.25, 0.3) is 11.7 Å². The maximum absolute atomic E-state index is 13.2. The first kappa shape index (κ1) is 22.6. The van der Waals surface area contributed by atoms with Gasteiger partial charge in [0, 0.05) is 23.1 Å². The summed E-state index contributed by atoms with van der Waals surface area (Å²) in [5.74, 6) is -1.41. The third kappa shape index (κ3) is 4.01. The molecule has 2 aromatic carbocycles. The molecular weight excluding hydrogens is 467 g/mol. The lowest BCUT2D eigenvalue weighted by atomic mass is 9.95. The second-order valence-electron chi connectivity index (χ2n) is 7.12. The summed E-state index contributed by atoms with van der Waals surface area (Å²) in [4.78, 5) is 31.8. The molecule has 0 aliphatic carbocycles. The topological polar surface area (TPSA) is 89.0 Å². The monoisotopic (exact) mass is 484 g/mol. The minimum Gasteiger partial charge on any atom is -0.507 e. The van der Waals surface area contributed by atoms with E-state index in [2.05, 4.69) is 4.98 Å². The minimum atomic E-state index is -0.949. The molecule has 9 heteroatoms. The number of methoxy groups -OCH3 is 2. The maximum Gasteiger partial charge on any atom is 0.300 e. The molecule has 1 amide bonds. The Morgan fingerprint density at radius 2 is 1.79 bits per heavy atom. The third-order valence-corrected chi connectivity index (χ3v) is 5.76. The second kappa shape index (κ2) is 9.13. The van der Waals surface area contributed by atoms with Gasteiger partial charge < -0.3 is 14.6 Å². The van der Waals surface area contributed by atoms with E-state index in [1.165, 1.54) is 37.4 Å². The standard InChI is InChI=1S/C24H18Cl2N2O5/c1-32-16-7-5-15(6-8-16)28-20(13-4-3-9-27-12-13)19(22(30)24(28)31)21(29)17-10-14(25)11-18(26)23(17)33-2/h3-12,20,29H,1-2H3/b21-19+. The third-order valence-electron chi connectivity index (χ3n) is 5.26. The molecule has 1 aliphatic heterocycles. The first-order chi connectivity index (χ1) is 15.9. The van der Waals surface area contributed by atoms with E-state index in [1.807, 2.05) is 0 Å². The number of aromatic nitrogens is 1. The molecule has 4 rings (SSSR count). The van der Waals surface area contributed by atoms with Crippen LogP contribution in [0.1, 0.15) is 17.2 Å². The molecule has 168 valence electrons. The average Bonchev–Trinajstić information content (AvgIpc) is 3.09. The zero-order valence-corrected chi connectivity index (χ0v) is 19.1. The van der Waals surface area contributed by atoms with Gasteiger partial charge in [-0.1, -0.05) is 29.3 Å². The summed E-state index contributed by atoms with van der Waals surface area (Å²) in [5.41, 5.74) is 0.931. The van der Waals surface area contributed by atoms with Crippen LogP contribution < -0.4 is 14.4 Å². The number of benzene rings is 2. The van der Waals surface area contributed by atoms with E-state index >= 15 is 0 Å². The largest absolute Gasteiger partial charge is 0.507 e. The number of ether oxygens (including phenoxy) is 2. The predicted octanol–water partition coefficient (Wildman–Crippen LogP) is 5.03. The van der Waals surface area contributed by atoms with Crippen molar-refractivity contribution in [3.05, 3.63) is 87.7 Å². The van der Waals surface area contributed by atoms with Gasteiger partial charge in [-0.25, -0.2) is 0 Å². The van der Waals surface area contributed by atoms with E-state index in [0.29, 0.717) is 17.0 Å². The minimum absolute atomic E-state index is 0.0941. The number of rotatable bonds is 5. The van der Waals surface area contributed by atoms with Gasteiger partial charge in [-0.3, -0.25) is 19.5 Å². The zero-order chi connectivity index (χ0) is 23.7. The lowest BCUT2D eigenvalue weighted by Crippen LogP contribution is -2.29. The van der Waals surface area contributed by atoms with Crippen molar-refractivity contribution in [3.8, 4) is 11.5 Å². The molecule has 1 atom stereocenters. The van der Waals surface area contributed by atoms with Crippen LogP contribution in [0, 0.1) is 0 Å². The zero-order valence-electron chi connectivity index (χ0n) is 17.6. The Kier molecular flexibility index (Phi) is 6.26. The lowest BCUT2D eigenvalue weighted by molar-refractivity contribution is -0.132. The van der Waals surface area contributed by atoms with Crippen LogP contribution in [0.25, 0.3) is 5.76 Å². The Morgan fingerprint density at radius 3 is 2.39 bits per heavy atom. The van der Waals surface area contributed by atoms with Crippen molar-refractivity contribution in [2.24, 2.45) is 0 Å². The molecule has 0 spiro atoms. The normalized spacial score (nSPS) is 17.3. The quantitative estimate of drug-likeness (QED) is 0.310. The smallest absolute Gasteiger partial charge is 0.300 e. The fourth-order valence-corrected chi connectivity index (χ4v) is 4.35. The Balaban J connectivity index is 1.97.